The quantitative estimate of drug-likeness (QED) is 0.533. The molecule has 12 heavy (non-hydrogen) atoms. The van der Waals surface area contributed by atoms with Gasteiger partial charge in [0.15, 0.2) is 0 Å². The third-order valence-electron chi connectivity index (χ3n) is 2.24. The number of hydrogen-bond acceptors (Lipinski definition) is 2. The van der Waals surface area contributed by atoms with Gasteiger partial charge >= 0.3 is 0 Å². The Balaban J connectivity index is 3.12. The molecular weight excluding hydrogens is 148 g/mol. The fourth-order valence-electron chi connectivity index (χ4n) is 1.42. The van der Waals surface area contributed by atoms with Crippen molar-refractivity contribution >= 4 is 5.71 Å². The highest BCUT2D eigenvalue weighted by Gasteiger charge is 2.23. The Morgan fingerprint density at radius 2 is 2.08 bits per heavy atom. The predicted octanol–water partition coefficient (Wildman–Crippen LogP) is 1.85. The molecule has 0 saturated carbocycles. The van der Waals surface area contributed by atoms with Crippen LogP contribution in [0.2, 0.25) is 0 Å². The summed E-state index contributed by atoms with van der Waals surface area (Å²) in [5, 5.41) is 0. The molecule has 66 valence electrons. The fourth-order valence-corrected chi connectivity index (χ4v) is 1.42. The van der Waals surface area contributed by atoms with Crippen LogP contribution in [-0.4, -0.2) is 31.3 Å². The second-order valence-electron chi connectivity index (χ2n) is 3.35. The van der Waals surface area contributed by atoms with Crippen molar-refractivity contribution < 1.29 is 0 Å². The lowest BCUT2D eigenvalue weighted by atomic mass is 10.1. The van der Waals surface area contributed by atoms with Crippen LogP contribution >= 0.6 is 0 Å². The van der Waals surface area contributed by atoms with E-state index in [1.807, 2.05) is 14.1 Å². The first-order valence-electron chi connectivity index (χ1n) is 4.11. The van der Waals surface area contributed by atoms with Crippen molar-refractivity contribution in [1.82, 2.24) is 4.90 Å². The summed E-state index contributed by atoms with van der Waals surface area (Å²) in [6, 6.07) is 0. The highest BCUT2D eigenvalue weighted by molar-refractivity contribution is 6.14. The molecule has 0 aromatic rings. The molecule has 2 heteroatoms. The number of likely N-dealkylation sites (N-methyl/N-ethyl adjacent to an activating group) is 1. The minimum Gasteiger partial charge on any atom is -0.369 e. The van der Waals surface area contributed by atoms with Crippen LogP contribution in [0.25, 0.3) is 0 Å². The number of nitrogens with zero attached hydrogens (tertiary/aromatic N) is 2. The Kier molecular flexibility index (Phi) is 2.36. The Labute approximate surface area is 74.3 Å². The van der Waals surface area contributed by atoms with Crippen LogP contribution < -0.4 is 0 Å². The molecule has 0 aliphatic carbocycles. The van der Waals surface area contributed by atoms with Crippen molar-refractivity contribution in [3.05, 3.63) is 23.4 Å². The number of rotatable bonds is 0. The Hall–Kier alpha value is -1.05. The van der Waals surface area contributed by atoms with Crippen molar-refractivity contribution in [1.29, 1.82) is 0 Å². The lowest BCUT2D eigenvalue weighted by molar-refractivity contribution is 0.505. The smallest absolute Gasteiger partial charge is 0.0847 e. The SMILES string of the molecule is C=C1C(=NC)C(=C(C)C)CN1C. The van der Waals surface area contributed by atoms with Crippen LogP contribution in [0.5, 0.6) is 0 Å². The highest BCUT2D eigenvalue weighted by Crippen LogP contribution is 2.22. The van der Waals surface area contributed by atoms with Gasteiger partial charge in [0.1, 0.15) is 0 Å². The topological polar surface area (TPSA) is 15.6 Å². The summed E-state index contributed by atoms with van der Waals surface area (Å²) in [6.07, 6.45) is 0. The van der Waals surface area contributed by atoms with E-state index < -0.39 is 0 Å². The second kappa shape index (κ2) is 3.13. The van der Waals surface area contributed by atoms with E-state index in [-0.39, 0.29) is 0 Å². The molecule has 0 amide bonds. The minimum atomic E-state index is 0.952. The van der Waals surface area contributed by atoms with Crippen LogP contribution in [0.15, 0.2) is 28.4 Å². The molecule has 1 aliphatic rings. The van der Waals surface area contributed by atoms with E-state index >= 15 is 0 Å². The molecule has 1 heterocycles. The molecular formula is C10H16N2. The van der Waals surface area contributed by atoms with Gasteiger partial charge in [-0.1, -0.05) is 12.2 Å². The lowest BCUT2D eigenvalue weighted by Gasteiger charge is -2.08. The first-order chi connectivity index (χ1) is 5.57. The largest absolute Gasteiger partial charge is 0.369 e. The van der Waals surface area contributed by atoms with Crippen LogP contribution in [-0.2, 0) is 0 Å². The molecule has 0 unspecified atom stereocenters. The lowest BCUT2D eigenvalue weighted by Crippen LogP contribution is -2.10. The zero-order chi connectivity index (χ0) is 9.30. The van der Waals surface area contributed by atoms with Gasteiger partial charge in [-0.25, -0.2) is 0 Å². The van der Waals surface area contributed by atoms with E-state index in [2.05, 4.69) is 30.3 Å². The summed E-state index contributed by atoms with van der Waals surface area (Å²) in [5.41, 5.74) is 4.76. The molecule has 1 saturated heterocycles. The van der Waals surface area contributed by atoms with Crippen molar-refractivity contribution in [2.24, 2.45) is 4.99 Å². The maximum Gasteiger partial charge on any atom is 0.0847 e. The van der Waals surface area contributed by atoms with Crippen LogP contribution in [0, 0.1) is 0 Å². The van der Waals surface area contributed by atoms with E-state index in [4.69, 9.17) is 0 Å². The van der Waals surface area contributed by atoms with Crippen molar-refractivity contribution in [2.45, 2.75) is 13.8 Å². The van der Waals surface area contributed by atoms with Gasteiger partial charge in [0.25, 0.3) is 0 Å². The molecule has 2 nitrogen and oxygen atoms in total. The van der Waals surface area contributed by atoms with Gasteiger partial charge in [-0.05, 0) is 19.4 Å². The highest BCUT2D eigenvalue weighted by atomic mass is 15.1. The summed E-state index contributed by atoms with van der Waals surface area (Å²) in [4.78, 5) is 6.37. The average Bonchev–Trinajstić information content (AvgIpc) is 2.29. The standard InChI is InChI=1S/C10H16N2/c1-7(2)9-6-12(5)8(3)10(9)11-4/h3,6H2,1-2,4-5H3. The number of aliphatic imine (C=N–C) groups is 1. The summed E-state index contributed by atoms with van der Waals surface area (Å²) in [7, 11) is 3.87. The summed E-state index contributed by atoms with van der Waals surface area (Å²) in [5.74, 6) is 0. The third-order valence-corrected chi connectivity index (χ3v) is 2.24. The van der Waals surface area contributed by atoms with Crippen LogP contribution in [0.3, 0.4) is 0 Å². The first kappa shape index (κ1) is 9.04. The summed E-state index contributed by atoms with van der Waals surface area (Å²) in [6.45, 7) is 9.17. The van der Waals surface area contributed by atoms with Gasteiger partial charge in [0.05, 0.1) is 11.4 Å². The van der Waals surface area contributed by atoms with Crippen LogP contribution in [0.4, 0.5) is 0 Å². The van der Waals surface area contributed by atoms with Crippen molar-refractivity contribution in [3.63, 3.8) is 0 Å². The van der Waals surface area contributed by atoms with Crippen molar-refractivity contribution in [2.75, 3.05) is 20.6 Å². The van der Waals surface area contributed by atoms with E-state index in [0.717, 1.165) is 18.0 Å². The van der Waals surface area contributed by atoms with Crippen LogP contribution in [0.1, 0.15) is 13.8 Å². The maximum absolute atomic E-state index is 4.24. The normalized spacial score (nSPS) is 21.0. The number of likely N-dealkylation sites (tertiary alicyclic amines) is 1. The molecule has 0 aromatic carbocycles. The third kappa shape index (κ3) is 1.29. The zero-order valence-corrected chi connectivity index (χ0v) is 8.31. The summed E-state index contributed by atoms with van der Waals surface area (Å²) >= 11 is 0. The molecule has 0 atom stereocenters. The summed E-state index contributed by atoms with van der Waals surface area (Å²) < 4.78 is 0. The zero-order valence-electron chi connectivity index (χ0n) is 8.31. The monoisotopic (exact) mass is 164 g/mol. The maximum atomic E-state index is 4.24. The Morgan fingerprint density at radius 1 is 1.50 bits per heavy atom. The van der Waals surface area contributed by atoms with Gasteiger partial charge in [-0.15, -0.1) is 0 Å². The number of allylic oxidation sites excluding steroid dienone is 2. The predicted molar refractivity (Wildman–Crippen MR) is 53.5 cm³/mol. The van der Waals surface area contributed by atoms with E-state index in [0.29, 0.717) is 0 Å². The molecule has 1 aliphatic heterocycles. The molecule has 1 fully saturated rings. The molecule has 1 rings (SSSR count). The Morgan fingerprint density at radius 3 is 2.42 bits per heavy atom. The Bertz CT molecular complexity index is 268. The van der Waals surface area contributed by atoms with E-state index in [1.165, 1.54) is 11.1 Å². The molecule has 0 radical (unpaired) electrons. The van der Waals surface area contributed by atoms with Gasteiger partial charge in [0, 0.05) is 20.6 Å². The second-order valence-corrected chi connectivity index (χ2v) is 3.35. The van der Waals surface area contributed by atoms with Crippen molar-refractivity contribution in [3.8, 4) is 0 Å². The number of hydrogen-bond donors (Lipinski definition) is 0. The molecule has 0 bridgehead atoms. The molecule has 0 spiro atoms. The first-order valence-corrected chi connectivity index (χ1v) is 4.11. The molecule has 0 aromatic heterocycles. The molecule has 0 N–H and O–H groups in total. The van der Waals surface area contributed by atoms with E-state index in [9.17, 15) is 0 Å². The fraction of sp³-hybridized carbons (Fsp3) is 0.500. The van der Waals surface area contributed by atoms with Gasteiger partial charge in [-0.3, -0.25) is 4.99 Å². The van der Waals surface area contributed by atoms with E-state index in [1.54, 1.807) is 0 Å². The van der Waals surface area contributed by atoms with Gasteiger partial charge < -0.3 is 4.90 Å². The van der Waals surface area contributed by atoms with Gasteiger partial charge in [0.2, 0.25) is 0 Å². The average molecular weight is 164 g/mol. The van der Waals surface area contributed by atoms with Gasteiger partial charge in [-0.2, -0.15) is 0 Å². The minimum absolute atomic E-state index is 0.952.